The zero-order valence-electron chi connectivity index (χ0n) is 11.7. The van der Waals surface area contributed by atoms with Crippen LogP contribution in [0.15, 0.2) is 24.3 Å². The van der Waals surface area contributed by atoms with Crippen molar-refractivity contribution in [2.24, 2.45) is 0 Å². The molecule has 3 rings (SSSR count). The fourth-order valence-electron chi connectivity index (χ4n) is 3.79. The van der Waals surface area contributed by atoms with Gasteiger partial charge < -0.3 is 0 Å². The van der Waals surface area contributed by atoms with Crippen LogP contribution < -0.4 is 0 Å². The Hall–Kier alpha value is -0.530. The van der Waals surface area contributed by atoms with E-state index in [1.807, 2.05) is 0 Å². The Balaban J connectivity index is 1.62. The second-order valence-corrected chi connectivity index (χ2v) is 6.45. The highest BCUT2D eigenvalue weighted by Crippen LogP contribution is 2.36. The lowest BCUT2D eigenvalue weighted by Crippen LogP contribution is -2.42. The van der Waals surface area contributed by atoms with Gasteiger partial charge in [-0.05, 0) is 30.4 Å². The predicted octanol–water partition coefficient (Wildman–Crippen LogP) is 4.20. The van der Waals surface area contributed by atoms with Crippen LogP contribution in [0.25, 0.3) is 0 Å². The molecule has 0 amide bonds. The number of rotatable bonds is 5. The number of fused-ring (bicyclic) bond motifs is 1. The Morgan fingerprint density at radius 2 is 1.89 bits per heavy atom. The van der Waals surface area contributed by atoms with E-state index in [2.05, 4.69) is 29.2 Å². The molecule has 2 heteroatoms. The number of benzene rings is 1. The van der Waals surface area contributed by atoms with Crippen molar-refractivity contribution >= 4 is 11.6 Å². The van der Waals surface area contributed by atoms with E-state index in [1.54, 1.807) is 11.1 Å². The van der Waals surface area contributed by atoms with Gasteiger partial charge in [-0.15, -0.1) is 11.6 Å². The first-order valence-corrected chi connectivity index (χ1v) is 8.30. The molecule has 0 bridgehead atoms. The molecule has 2 aliphatic rings. The molecule has 1 aromatic carbocycles. The van der Waals surface area contributed by atoms with E-state index in [4.69, 9.17) is 11.6 Å². The van der Waals surface area contributed by atoms with Gasteiger partial charge in [0.2, 0.25) is 0 Å². The zero-order valence-corrected chi connectivity index (χ0v) is 12.4. The second-order valence-electron chi connectivity index (χ2n) is 6.08. The SMILES string of the molecule is ClCCN(CC1Cc2ccccc21)C1CCCCC1. The fraction of sp³-hybridized carbons (Fsp3) is 0.647. The van der Waals surface area contributed by atoms with Crippen LogP contribution in [-0.4, -0.2) is 29.9 Å². The summed E-state index contributed by atoms with van der Waals surface area (Å²) in [5.41, 5.74) is 3.14. The first-order valence-electron chi connectivity index (χ1n) is 7.76. The Labute approximate surface area is 121 Å². The van der Waals surface area contributed by atoms with Gasteiger partial charge in [0.25, 0.3) is 0 Å². The summed E-state index contributed by atoms with van der Waals surface area (Å²) in [6, 6.07) is 9.71. The van der Waals surface area contributed by atoms with Crippen molar-refractivity contribution in [3.05, 3.63) is 35.4 Å². The summed E-state index contributed by atoms with van der Waals surface area (Å²) in [6.07, 6.45) is 8.27. The highest BCUT2D eigenvalue weighted by atomic mass is 35.5. The molecule has 1 atom stereocenters. The molecule has 1 unspecified atom stereocenters. The van der Waals surface area contributed by atoms with Crippen LogP contribution in [0.4, 0.5) is 0 Å². The molecule has 0 aliphatic heterocycles. The van der Waals surface area contributed by atoms with Crippen molar-refractivity contribution in [2.75, 3.05) is 19.0 Å². The molecule has 1 fully saturated rings. The third-order valence-corrected chi connectivity index (χ3v) is 5.05. The molecule has 0 N–H and O–H groups in total. The summed E-state index contributed by atoms with van der Waals surface area (Å²) >= 11 is 6.02. The molecular weight excluding hydrogens is 254 g/mol. The van der Waals surface area contributed by atoms with E-state index in [0.29, 0.717) is 0 Å². The molecule has 0 heterocycles. The van der Waals surface area contributed by atoms with Crippen molar-refractivity contribution in [1.29, 1.82) is 0 Å². The normalized spacial score (nSPS) is 23.2. The molecule has 104 valence electrons. The zero-order chi connectivity index (χ0) is 13.1. The van der Waals surface area contributed by atoms with Gasteiger partial charge in [0.05, 0.1) is 0 Å². The van der Waals surface area contributed by atoms with E-state index >= 15 is 0 Å². The van der Waals surface area contributed by atoms with Gasteiger partial charge in [-0.2, -0.15) is 0 Å². The third-order valence-electron chi connectivity index (χ3n) is 4.88. The molecule has 0 spiro atoms. The van der Waals surface area contributed by atoms with Crippen LogP contribution in [0.1, 0.15) is 49.1 Å². The largest absolute Gasteiger partial charge is 0.299 e. The van der Waals surface area contributed by atoms with Crippen LogP contribution in [0.2, 0.25) is 0 Å². The van der Waals surface area contributed by atoms with Crippen molar-refractivity contribution in [1.82, 2.24) is 4.90 Å². The second kappa shape index (κ2) is 6.28. The average Bonchev–Trinajstić information content (AvgIpc) is 2.44. The summed E-state index contributed by atoms with van der Waals surface area (Å²) in [4.78, 5) is 2.67. The number of alkyl halides is 1. The van der Waals surface area contributed by atoms with Crippen molar-refractivity contribution in [2.45, 2.75) is 50.5 Å². The molecule has 0 aromatic heterocycles. The van der Waals surface area contributed by atoms with Crippen LogP contribution >= 0.6 is 11.6 Å². The molecule has 0 radical (unpaired) electrons. The van der Waals surface area contributed by atoms with E-state index in [0.717, 1.165) is 24.4 Å². The Kier molecular flexibility index (Phi) is 4.45. The predicted molar refractivity (Wildman–Crippen MR) is 82.1 cm³/mol. The molecular formula is C17H24ClN. The van der Waals surface area contributed by atoms with Gasteiger partial charge in [-0.3, -0.25) is 4.90 Å². The average molecular weight is 278 g/mol. The molecule has 1 saturated carbocycles. The summed E-state index contributed by atoms with van der Waals surface area (Å²) < 4.78 is 0. The molecule has 19 heavy (non-hydrogen) atoms. The number of hydrogen-bond donors (Lipinski definition) is 0. The Morgan fingerprint density at radius 3 is 2.63 bits per heavy atom. The molecule has 1 nitrogen and oxygen atoms in total. The monoisotopic (exact) mass is 277 g/mol. The third kappa shape index (κ3) is 2.98. The maximum Gasteiger partial charge on any atom is 0.0351 e. The quantitative estimate of drug-likeness (QED) is 0.729. The standard InChI is InChI=1S/C17H24ClN/c18-10-11-19(16-7-2-1-3-8-16)13-15-12-14-6-4-5-9-17(14)15/h4-6,9,15-16H,1-3,7-8,10-13H2. The first-order chi connectivity index (χ1) is 9.38. The first kappa shape index (κ1) is 13.5. The van der Waals surface area contributed by atoms with E-state index in [-0.39, 0.29) is 0 Å². The summed E-state index contributed by atoms with van der Waals surface area (Å²) in [5, 5.41) is 0. The minimum Gasteiger partial charge on any atom is -0.299 e. The van der Waals surface area contributed by atoms with E-state index in [9.17, 15) is 0 Å². The van der Waals surface area contributed by atoms with Crippen molar-refractivity contribution < 1.29 is 0 Å². The number of nitrogens with zero attached hydrogens (tertiary/aromatic N) is 1. The topological polar surface area (TPSA) is 3.24 Å². The highest BCUT2D eigenvalue weighted by molar-refractivity contribution is 6.18. The summed E-state index contributed by atoms with van der Waals surface area (Å²) in [5.74, 6) is 1.52. The van der Waals surface area contributed by atoms with Crippen LogP contribution in [0.5, 0.6) is 0 Å². The van der Waals surface area contributed by atoms with Gasteiger partial charge >= 0.3 is 0 Å². The molecule has 1 aromatic rings. The number of halogens is 1. The maximum absolute atomic E-state index is 6.02. The minimum absolute atomic E-state index is 0.751. The van der Waals surface area contributed by atoms with E-state index < -0.39 is 0 Å². The van der Waals surface area contributed by atoms with Crippen LogP contribution in [0, 0.1) is 0 Å². The maximum atomic E-state index is 6.02. The van der Waals surface area contributed by atoms with Gasteiger partial charge in [0, 0.05) is 30.9 Å². The van der Waals surface area contributed by atoms with Gasteiger partial charge in [-0.25, -0.2) is 0 Å². The van der Waals surface area contributed by atoms with Crippen LogP contribution in [-0.2, 0) is 6.42 Å². The van der Waals surface area contributed by atoms with E-state index in [1.165, 1.54) is 45.1 Å². The smallest absolute Gasteiger partial charge is 0.0351 e. The molecule has 0 saturated heterocycles. The van der Waals surface area contributed by atoms with Crippen molar-refractivity contribution in [3.63, 3.8) is 0 Å². The summed E-state index contributed by atoms with van der Waals surface area (Å²) in [6.45, 7) is 2.28. The van der Waals surface area contributed by atoms with Crippen LogP contribution in [0.3, 0.4) is 0 Å². The van der Waals surface area contributed by atoms with Gasteiger partial charge in [0.15, 0.2) is 0 Å². The summed E-state index contributed by atoms with van der Waals surface area (Å²) in [7, 11) is 0. The lowest BCUT2D eigenvalue weighted by atomic mass is 9.77. The lowest BCUT2D eigenvalue weighted by molar-refractivity contribution is 0.151. The van der Waals surface area contributed by atoms with Gasteiger partial charge in [0.1, 0.15) is 0 Å². The number of hydrogen-bond acceptors (Lipinski definition) is 1. The Morgan fingerprint density at radius 1 is 1.11 bits per heavy atom. The molecule has 2 aliphatic carbocycles. The minimum atomic E-state index is 0.751. The lowest BCUT2D eigenvalue weighted by Gasteiger charge is -2.39. The van der Waals surface area contributed by atoms with Crippen molar-refractivity contribution in [3.8, 4) is 0 Å². The fourth-order valence-corrected chi connectivity index (χ4v) is 4.00. The van der Waals surface area contributed by atoms with Gasteiger partial charge in [-0.1, -0.05) is 43.5 Å². The Bertz CT molecular complexity index is 411. The highest BCUT2D eigenvalue weighted by Gasteiger charge is 2.30.